The smallest absolute Gasteiger partial charge is 0.338 e. The molecule has 0 saturated carbocycles. The number of rotatable bonds is 8. The Kier molecular flexibility index (Phi) is 8.13. The van der Waals surface area contributed by atoms with Crippen LogP contribution in [-0.2, 0) is 16.1 Å². The summed E-state index contributed by atoms with van der Waals surface area (Å²) in [6.07, 6.45) is 1.81. The monoisotopic (exact) mass is 603 g/mol. The second-order valence-corrected chi connectivity index (χ2v) is 11.6. The van der Waals surface area contributed by atoms with Gasteiger partial charge >= 0.3 is 5.97 Å². The van der Waals surface area contributed by atoms with Gasteiger partial charge < -0.3 is 9.47 Å². The Morgan fingerprint density at radius 3 is 2.63 bits per heavy atom. The highest BCUT2D eigenvalue weighted by Gasteiger charge is 2.35. The standard InChI is InChI=1S/C34H25N3O4S2/c1-2-40-33(39)29-30(23-11-4-3-5-12-23)36-34-37(31(29)27-16-9-17-42-27)32(38)28(43-34)19-22-10-8-15-26(18-22)41-21-25-14-7-6-13-24(25)20-35/h3-19,31H,2,21H2,1H3/b28-19-/t31-/m1/s1. The molecule has 0 amide bonds. The molecule has 0 spiro atoms. The fraction of sp³-hybridized carbons (Fsp3) is 0.118. The Balaban J connectivity index is 1.44. The molecule has 6 rings (SSSR count). The van der Waals surface area contributed by atoms with E-state index >= 15 is 0 Å². The third-order valence-electron chi connectivity index (χ3n) is 6.87. The number of ether oxygens (including phenoxy) is 2. The highest BCUT2D eigenvalue weighted by Crippen LogP contribution is 2.36. The molecule has 0 unspecified atom stereocenters. The third kappa shape index (κ3) is 5.71. The van der Waals surface area contributed by atoms with E-state index in [9.17, 15) is 14.9 Å². The van der Waals surface area contributed by atoms with Gasteiger partial charge in [0.15, 0.2) is 4.80 Å². The minimum atomic E-state index is -0.678. The van der Waals surface area contributed by atoms with Gasteiger partial charge in [0.05, 0.1) is 34.0 Å². The molecule has 0 fully saturated rings. The number of fused-ring (bicyclic) bond motifs is 1. The van der Waals surface area contributed by atoms with Gasteiger partial charge in [0.25, 0.3) is 5.56 Å². The summed E-state index contributed by atoms with van der Waals surface area (Å²) in [5.74, 6) is 0.113. The number of benzene rings is 3. The van der Waals surface area contributed by atoms with Crippen LogP contribution in [0, 0.1) is 11.3 Å². The Labute approximate surface area is 255 Å². The number of nitrogens with zero attached hydrogens (tertiary/aromatic N) is 3. The molecular weight excluding hydrogens is 579 g/mol. The topological polar surface area (TPSA) is 93.7 Å². The lowest BCUT2D eigenvalue weighted by atomic mass is 9.97. The maximum absolute atomic E-state index is 14.0. The zero-order chi connectivity index (χ0) is 29.8. The summed E-state index contributed by atoms with van der Waals surface area (Å²) in [5, 5.41) is 11.3. The van der Waals surface area contributed by atoms with Gasteiger partial charge in [-0.1, -0.05) is 78.1 Å². The predicted octanol–water partition coefficient (Wildman–Crippen LogP) is 5.45. The zero-order valence-electron chi connectivity index (χ0n) is 23.1. The first-order valence-electron chi connectivity index (χ1n) is 13.6. The van der Waals surface area contributed by atoms with Crippen molar-refractivity contribution in [3.8, 4) is 11.8 Å². The number of thiazole rings is 1. The van der Waals surface area contributed by atoms with Gasteiger partial charge in [0, 0.05) is 16.0 Å². The van der Waals surface area contributed by atoms with Crippen LogP contribution in [0.1, 0.15) is 40.1 Å². The summed E-state index contributed by atoms with van der Waals surface area (Å²) in [7, 11) is 0. The molecule has 0 saturated heterocycles. The molecule has 0 aliphatic carbocycles. The second-order valence-electron chi connectivity index (χ2n) is 9.58. The largest absolute Gasteiger partial charge is 0.489 e. The number of aromatic nitrogens is 1. The van der Waals surface area contributed by atoms with Crippen molar-refractivity contribution in [1.29, 1.82) is 5.26 Å². The fourth-order valence-corrected chi connectivity index (χ4v) is 6.74. The van der Waals surface area contributed by atoms with E-state index in [0.29, 0.717) is 31.9 Å². The molecule has 0 bridgehead atoms. The number of thiophene rings is 1. The first kappa shape index (κ1) is 28.1. The van der Waals surface area contributed by atoms with Gasteiger partial charge in [0.2, 0.25) is 0 Å². The quantitative estimate of drug-likeness (QED) is 0.220. The molecule has 0 radical (unpaired) electrons. The SMILES string of the molecule is CCOC(=O)C1=C(c2ccccc2)N=c2s/c(=C\c3cccc(OCc4ccccc4C#N)c3)c(=O)n2[C@@H]1c1cccs1. The van der Waals surface area contributed by atoms with E-state index in [0.717, 1.165) is 21.6 Å². The van der Waals surface area contributed by atoms with E-state index in [1.165, 1.54) is 22.7 Å². The lowest BCUT2D eigenvalue weighted by Gasteiger charge is -2.24. The van der Waals surface area contributed by atoms with E-state index < -0.39 is 12.0 Å². The first-order chi connectivity index (χ1) is 21.1. The summed E-state index contributed by atoms with van der Waals surface area (Å²) >= 11 is 2.75. The van der Waals surface area contributed by atoms with Crippen molar-refractivity contribution in [2.24, 2.45) is 4.99 Å². The molecule has 1 aliphatic heterocycles. The molecule has 3 aromatic carbocycles. The highest BCUT2D eigenvalue weighted by molar-refractivity contribution is 7.10. The summed E-state index contributed by atoms with van der Waals surface area (Å²) in [6.45, 7) is 2.21. The number of nitriles is 1. The van der Waals surface area contributed by atoms with Crippen molar-refractivity contribution >= 4 is 40.4 Å². The molecule has 0 N–H and O–H groups in total. The van der Waals surface area contributed by atoms with E-state index in [1.807, 2.05) is 96.4 Å². The van der Waals surface area contributed by atoms with Crippen molar-refractivity contribution < 1.29 is 14.3 Å². The number of esters is 1. The molecular formula is C34H25N3O4S2. The van der Waals surface area contributed by atoms with E-state index in [4.69, 9.17) is 14.5 Å². The molecule has 3 heterocycles. The maximum Gasteiger partial charge on any atom is 0.338 e. The van der Waals surface area contributed by atoms with Gasteiger partial charge in [-0.25, -0.2) is 9.79 Å². The van der Waals surface area contributed by atoms with E-state index in [1.54, 1.807) is 17.6 Å². The molecule has 1 aliphatic rings. The van der Waals surface area contributed by atoms with Crippen LogP contribution in [0.3, 0.4) is 0 Å². The molecule has 2 aromatic heterocycles. The minimum absolute atomic E-state index is 0.201. The Morgan fingerprint density at radius 2 is 1.86 bits per heavy atom. The fourth-order valence-electron chi connectivity index (χ4n) is 4.92. The Hall–Kier alpha value is -5.04. The van der Waals surface area contributed by atoms with Gasteiger partial charge in [0.1, 0.15) is 18.4 Å². The summed E-state index contributed by atoms with van der Waals surface area (Å²) < 4.78 is 13.6. The molecule has 212 valence electrons. The Morgan fingerprint density at radius 1 is 1.05 bits per heavy atom. The lowest BCUT2D eigenvalue weighted by molar-refractivity contribution is -0.138. The maximum atomic E-state index is 14.0. The highest BCUT2D eigenvalue weighted by atomic mass is 32.1. The van der Waals surface area contributed by atoms with Crippen LogP contribution >= 0.6 is 22.7 Å². The predicted molar refractivity (Wildman–Crippen MR) is 167 cm³/mol. The lowest BCUT2D eigenvalue weighted by Crippen LogP contribution is -2.39. The number of carbonyl (C=O) groups is 1. The van der Waals surface area contributed by atoms with Gasteiger partial charge in [-0.15, -0.1) is 11.3 Å². The zero-order valence-corrected chi connectivity index (χ0v) is 24.7. The molecule has 43 heavy (non-hydrogen) atoms. The van der Waals surface area contributed by atoms with Crippen molar-refractivity contribution in [3.63, 3.8) is 0 Å². The molecule has 7 nitrogen and oxygen atoms in total. The number of hydrogen-bond donors (Lipinski definition) is 0. The molecule has 9 heteroatoms. The van der Waals surface area contributed by atoms with Crippen LogP contribution < -0.4 is 19.6 Å². The van der Waals surface area contributed by atoms with Crippen molar-refractivity contribution in [1.82, 2.24) is 4.57 Å². The first-order valence-corrected chi connectivity index (χ1v) is 15.3. The van der Waals surface area contributed by atoms with Crippen LogP contribution in [-0.4, -0.2) is 17.1 Å². The summed E-state index contributed by atoms with van der Waals surface area (Å²) in [6, 6.07) is 29.6. The van der Waals surface area contributed by atoms with Gasteiger partial charge in [-0.05, 0) is 48.2 Å². The summed E-state index contributed by atoms with van der Waals surface area (Å²) in [5.41, 5.74) is 3.50. The second kappa shape index (κ2) is 12.4. The van der Waals surface area contributed by atoms with Crippen molar-refractivity contribution in [2.75, 3.05) is 6.61 Å². The van der Waals surface area contributed by atoms with Crippen LogP contribution in [0.25, 0.3) is 11.8 Å². The molecule has 1 atom stereocenters. The minimum Gasteiger partial charge on any atom is -0.489 e. The molecule has 5 aromatic rings. The van der Waals surface area contributed by atoms with Gasteiger partial charge in [-0.2, -0.15) is 5.26 Å². The van der Waals surface area contributed by atoms with Crippen LogP contribution in [0.5, 0.6) is 5.75 Å². The van der Waals surface area contributed by atoms with Crippen molar-refractivity contribution in [3.05, 3.63) is 149 Å². The van der Waals surface area contributed by atoms with Crippen LogP contribution in [0.15, 0.2) is 112 Å². The number of hydrogen-bond acceptors (Lipinski definition) is 8. The van der Waals surface area contributed by atoms with E-state index in [2.05, 4.69) is 6.07 Å². The van der Waals surface area contributed by atoms with Gasteiger partial charge in [-0.3, -0.25) is 9.36 Å². The van der Waals surface area contributed by atoms with Crippen LogP contribution in [0.2, 0.25) is 0 Å². The van der Waals surface area contributed by atoms with Crippen molar-refractivity contribution in [2.45, 2.75) is 19.6 Å². The summed E-state index contributed by atoms with van der Waals surface area (Å²) in [4.78, 5) is 33.7. The number of carbonyl (C=O) groups excluding carboxylic acids is 1. The Bertz CT molecular complexity index is 2050. The average Bonchev–Trinajstić information content (AvgIpc) is 3.68. The third-order valence-corrected chi connectivity index (χ3v) is 8.78. The van der Waals surface area contributed by atoms with Crippen LogP contribution in [0.4, 0.5) is 0 Å². The van der Waals surface area contributed by atoms with E-state index in [-0.39, 0.29) is 18.8 Å². The normalized spacial score (nSPS) is 14.5. The average molecular weight is 604 g/mol.